The summed E-state index contributed by atoms with van der Waals surface area (Å²) >= 11 is 0. The van der Waals surface area contributed by atoms with Gasteiger partial charge in [-0.15, -0.1) is 0 Å². The number of carbonyl (C=O) groups excluding carboxylic acids is 1. The summed E-state index contributed by atoms with van der Waals surface area (Å²) in [5.41, 5.74) is 0. The van der Waals surface area contributed by atoms with Gasteiger partial charge in [-0.1, -0.05) is 19.4 Å². The van der Waals surface area contributed by atoms with Gasteiger partial charge in [0.2, 0.25) is 0 Å². The van der Waals surface area contributed by atoms with Gasteiger partial charge in [0.25, 0.3) is 0 Å². The molecule has 1 aliphatic rings. The van der Waals surface area contributed by atoms with Gasteiger partial charge in [-0.2, -0.15) is 0 Å². The van der Waals surface area contributed by atoms with E-state index in [-0.39, 0.29) is 12.1 Å². The van der Waals surface area contributed by atoms with E-state index in [9.17, 15) is 4.79 Å². The summed E-state index contributed by atoms with van der Waals surface area (Å²) < 4.78 is 5.11. The fourth-order valence-electron chi connectivity index (χ4n) is 1.28. The van der Waals surface area contributed by atoms with E-state index in [1.54, 1.807) is 0 Å². The molecule has 1 aliphatic heterocycles. The molecule has 0 aromatic heterocycles. The highest BCUT2D eigenvalue weighted by Gasteiger charge is 2.16. The molecular weight excluding hydrogens is 152 g/mol. The Balaban J connectivity index is 2.26. The SMILES string of the molecule is CCCC=CC1CCCC(=O)O1. The van der Waals surface area contributed by atoms with Gasteiger partial charge in [0.1, 0.15) is 6.10 Å². The van der Waals surface area contributed by atoms with Crippen molar-refractivity contribution in [2.75, 3.05) is 0 Å². The molecule has 2 heteroatoms. The molecule has 0 bridgehead atoms. The second-order valence-corrected chi connectivity index (χ2v) is 3.14. The van der Waals surface area contributed by atoms with Crippen LogP contribution in [-0.2, 0) is 9.53 Å². The van der Waals surface area contributed by atoms with Crippen LogP contribution in [0.4, 0.5) is 0 Å². The lowest BCUT2D eigenvalue weighted by Gasteiger charge is -2.18. The Hall–Kier alpha value is -0.790. The Kier molecular flexibility index (Phi) is 3.85. The summed E-state index contributed by atoms with van der Waals surface area (Å²) in [6.07, 6.45) is 8.96. The van der Waals surface area contributed by atoms with Crippen LogP contribution in [0.1, 0.15) is 39.0 Å². The molecule has 0 aliphatic carbocycles. The molecule has 68 valence electrons. The maximum Gasteiger partial charge on any atom is 0.306 e. The summed E-state index contributed by atoms with van der Waals surface area (Å²) in [7, 11) is 0. The summed E-state index contributed by atoms with van der Waals surface area (Å²) in [4.78, 5) is 10.9. The molecule has 2 nitrogen and oxygen atoms in total. The molecule has 0 aromatic rings. The topological polar surface area (TPSA) is 26.3 Å². The third-order valence-corrected chi connectivity index (χ3v) is 1.96. The third-order valence-electron chi connectivity index (χ3n) is 1.96. The van der Waals surface area contributed by atoms with E-state index >= 15 is 0 Å². The highest BCUT2D eigenvalue weighted by atomic mass is 16.5. The summed E-state index contributed by atoms with van der Waals surface area (Å²) in [5.74, 6) is -0.0487. The minimum absolute atomic E-state index is 0.0487. The third kappa shape index (κ3) is 3.07. The van der Waals surface area contributed by atoms with E-state index in [4.69, 9.17) is 4.74 Å². The Bertz CT molecular complexity index is 173. The lowest BCUT2D eigenvalue weighted by molar-refractivity contribution is -0.150. The molecule has 1 saturated heterocycles. The van der Waals surface area contributed by atoms with E-state index < -0.39 is 0 Å². The van der Waals surface area contributed by atoms with Gasteiger partial charge >= 0.3 is 5.97 Å². The number of carbonyl (C=O) groups is 1. The largest absolute Gasteiger partial charge is 0.458 e. The number of unbranched alkanes of at least 4 members (excludes halogenated alkanes) is 1. The molecule has 0 saturated carbocycles. The van der Waals surface area contributed by atoms with Crippen LogP contribution in [0.5, 0.6) is 0 Å². The van der Waals surface area contributed by atoms with Crippen LogP contribution in [0.2, 0.25) is 0 Å². The van der Waals surface area contributed by atoms with Crippen molar-refractivity contribution in [1.82, 2.24) is 0 Å². The van der Waals surface area contributed by atoms with Crippen molar-refractivity contribution >= 4 is 5.97 Å². The summed E-state index contributed by atoms with van der Waals surface area (Å²) in [6.45, 7) is 2.14. The van der Waals surface area contributed by atoms with Crippen molar-refractivity contribution in [3.8, 4) is 0 Å². The smallest absolute Gasteiger partial charge is 0.306 e. The lowest BCUT2D eigenvalue weighted by Crippen LogP contribution is -2.21. The first-order valence-corrected chi connectivity index (χ1v) is 4.69. The molecule has 1 heterocycles. The highest BCUT2D eigenvalue weighted by Crippen LogP contribution is 2.15. The zero-order chi connectivity index (χ0) is 8.81. The lowest BCUT2D eigenvalue weighted by atomic mass is 10.1. The molecule has 0 spiro atoms. The molecule has 1 unspecified atom stereocenters. The average Bonchev–Trinajstić information content (AvgIpc) is 2.05. The number of allylic oxidation sites excluding steroid dienone is 1. The van der Waals surface area contributed by atoms with Gasteiger partial charge in [0, 0.05) is 6.42 Å². The fraction of sp³-hybridized carbons (Fsp3) is 0.700. The van der Waals surface area contributed by atoms with E-state index in [0.29, 0.717) is 6.42 Å². The molecule has 1 rings (SSSR count). The molecule has 12 heavy (non-hydrogen) atoms. The van der Waals surface area contributed by atoms with Crippen molar-refractivity contribution < 1.29 is 9.53 Å². The Labute approximate surface area is 73.6 Å². The molecule has 0 N–H and O–H groups in total. The molecule has 0 amide bonds. The number of ether oxygens (including phenoxy) is 1. The van der Waals surface area contributed by atoms with Gasteiger partial charge in [0.05, 0.1) is 0 Å². The first-order chi connectivity index (χ1) is 5.83. The van der Waals surface area contributed by atoms with E-state index in [1.165, 1.54) is 0 Å². The quantitative estimate of drug-likeness (QED) is 0.478. The minimum Gasteiger partial charge on any atom is -0.458 e. The first kappa shape index (κ1) is 9.30. The summed E-state index contributed by atoms with van der Waals surface area (Å²) in [6, 6.07) is 0. The Morgan fingerprint density at radius 2 is 2.50 bits per heavy atom. The summed E-state index contributed by atoms with van der Waals surface area (Å²) in [5, 5.41) is 0. The number of hydrogen-bond donors (Lipinski definition) is 0. The van der Waals surface area contributed by atoms with E-state index in [1.807, 2.05) is 6.08 Å². The maximum absolute atomic E-state index is 10.9. The van der Waals surface area contributed by atoms with Crippen molar-refractivity contribution in [2.24, 2.45) is 0 Å². The molecular formula is C10H16O2. The number of esters is 1. The Morgan fingerprint density at radius 1 is 1.67 bits per heavy atom. The van der Waals surface area contributed by atoms with Gasteiger partial charge in [-0.05, 0) is 25.3 Å². The molecule has 0 radical (unpaired) electrons. The zero-order valence-corrected chi connectivity index (χ0v) is 7.58. The molecule has 1 atom stereocenters. The van der Waals surface area contributed by atoms with Crippen molar-refractivity contribution in [3.63, 3.8) is 0 Å². The minimum atomic E-state index is -0.0487. The monoisotopic (exact) mass is 168 g/mol. The van der Waals surface area contributed by atoms with Gasteiger partial charge in [-0.25, -0.2) is 0 Å². The number of rotatable bonds is 3. The molecule has 1 fully saturated rings. The van der Waals surface area contributed by atoms with Crippen LogP contribution in [0, 0.1) is 0 Å². The van der Waals surface area contributed by atoms with Crippen LogP contribution < -0.4 is 0 Å². The van der Waals surface area contributed by atoms with Gasteiger partial charge < -0.3 is 4.74 Å². The standard InChI is InChI=1S/C10H16O2/c1-2-3-4-6-9-7-5-8-10(11)12-9/h4,6,9H,2-3,5,7-8H2,1H3. The van der Waals surface area contributed by atoms with Crippen LogP contribution >= 0.6 is 0 Å². The van der Waals surface area contributed by atoms with E-state index in [2.05, 4.69) is 13.0 Å². The van der Waals surface area contributed by atoms with Crippen molar-refractivity contribution in [3.05, 3.63) is 12.2 Å². The molecule has 0 aromatic carbocycles. The normalized spacial score (nSPS) is 24.4. The average molecular weight is 168 g/mol. The predicted octanol–water partition coefficient (Wildman–Crippen LogP) is 2.44. The van der Waals surface area contributed by atoms with E-state index in [0.717, 1.165) is 25.7 Å². The second-order valence-electron chi connectivity index (χ2n) is 3.14. The van der Waals surface area contributed by atoms with Crippen LogP contribution in [0.15, 0.2) is 12.2 Å². The van der Waals surface area contributed by atoms with Gasteiger partial charge in [-0.3, -0.25) is 4.79 Å². The predicted molar refractivity (Wildman–Crippen MR) is 47.8 cm³/mol. The fourth-order valence-corrected chi connectivity index (χ4v) is 1.28. The number of cyclic esters (lactones) is 1. The van der Waals surface area contributed by atoms with Crippen LogP contribution in [0.25, 0.3) is 0 Å². The van der Waals surface area contributed by atoms with Gasteiger partial charge in [0.15, 0.2) is 0 Å². The zero-order valence-electron chi connectivity index (χ0n) is 7.58. The van der Waals surface area contributed by atoms with Crippen molar-refractivity contribution in [2.45, 2.75) is 45.1 Å². The number of hydrogen-bond acceptors (Lipinski definition) is 2. The van der Waals surface area contributed by atoms with Crippen LogP contribution in [-0.4, -0.2) is 12.1 Å². The second kappa shape index (κ2) is 4.96. The Morgan fingerprint density at radius 3 is 3.17 bits per heavy atom. The van der Waals surface area contributed by atoms with Crippen LogP contribution in [0.3, 0.4) is 0 Å². The van der Waals surface area contributed by atoms with Crippen molar-refractivity contribution in [1.29, 1.82) is 0 Å². The maximum atomic E-state index is 10.9. The highest BCUT2D eigenvalue weighted by molar-refractivity contribution is 5.70. The first-order valence-electron chi connectivity index (χ1n) is 4.69.